The SMILES string of the molecule is Cc1ccc(OC2=NC3N=C(c4ccc5c(c4)OCCO5)C(Cl)=CC3N2)cc1C(=O)O. The van der Waals surface area contributed by atoms with Crippen LogP contribution in [0.5, 0.6) is 17.2 Å². The minimum absolute atomic E-state index is 0.176. The van der Waals surface area contributed by atoms with E-state index in [-0.39, 0.29) is 17.6 Å². The lowest BCUT2D eigenvalue weighted by atomic mass is 10.0. The van der Waals surface area contributed by atoms with Crippen LogP contribution in [-0.2, 0) is 0 Å². The average Bonchev–Trinajstić information content (AvgIpc) is 3.15. The van der Waals surface area contributed by atoms with Crippen molar-refractivity contribution in [1.82, 2.24) is 5.32 Å². The van der Waals surface area contributed by atoms with Gasteiger partial charge in [-0.2, -0.15) is 0 Å². The van der Waals surface area contributed by atoms with E-state index in [0.29, 0.717) is 46.8 Å². The molecule has 0 radical (unpaired) electrons. The lowest BCUT2D eigenvalue weighted by Gasteiger charge is -2.22. The number of carboxylic acids is 1. The Balaban J connectivity index is 1.39. The summed E-state index contributed by atoms with van der Waals surface area (Å²) < 4.78 is 17.0. The number of rotatable bonds is 3. The molecular weight excluding hydrogens is 422 g/mol. The third-order valence-electron chi connectivity index (χ3n) is 5.14. The zero-order chi connectivity index (χ0) is 21.5. The van der Waals surface area contributed by atoms with Gasteiger partial charge in [-0.05, 0) is 48.9 Å². The number of dihydropyridines is 1. The van der Waals surface area contributed by atoms with Crippen molar-refractivity contribution in [2.75, 3.05) is 13.2 Å². The number of ether oxygens (including phenoxy) is 3. The Kier molecular flexibility index (Phi) is 4.78. The molecule has 2 aromatic carbocycles. The van der Waals surface area contributed by atoms with Gasteiger partial charge in [-0.1, -0.05) is 17.7 Å². The number of fused-ring (bicyclic) bond motifs is 2. The topological polar surface area (TPSA) is 102 Å². The zero-order valence-corrected chi connectivity index (χ0v) is 17.2. The van der Waals surface area contributed by atoms with Gasteiger partial charge in [0.25, 0.3) is 6.02 Å². The van der Waals surface area contributed by atoms with Crippen molar-refractivity contribution in [2.24, 2.45) is 9.98 Å². The molecule has 0 amide bonds. The number of carboxylic acid groups (broad SMARTS) is 1. The maximum absolute atomic E-state index is 11.4. The number of halogens is 1. The van der Waals surface area contributed by atoms with E-state index in [1.807, 2.05) is 24.3 Å². The summed E-state index contributed by atoms with van der Waals surface area (Å²) in [4.78, 5) is 20.5. The predicted octanol–water partition coefficient (Wildman–Crippen LogP) is 3.12. The highest BCUT2D eigenvalue weighted by Crippen LogP contribution is 2.33. The van der Waals surface area contributed by atoms with Gasteiger partial charge in [0.05, 0.1) is 22.3 Å². The molecule has 0 spiro atoms. The van der Waals surface area contributed by atoms with Crippen LogP contribution in [0.2, 0.25) is 0 Å². The van der Waals surface area contributed by atoms with Crippen LogP contribution in [0.1, 0.15) is 21.5 Å². The van der Waals surface area contributed by atoms with Gasteiger partial charge in [-0.3, -0.25) is 4.99 Å². The number of aromatic carboxylic acids is 1. The Morgan fingerprint density at radius 3 is 2.77 bits per heavy atom. The molecule has 3 aliphatic heterocycles. The lowest BCUT2D eigenvalue weighted by Crippen LogP contribution is -2.37. The minimum atomic E-state index is -1.01. The number of amidine groups is 1. The molecule has 0 aromatic heterocycles. The lowest BCUT2D eigenvalue weighted by molar-refractivity contribution is 0.0695. The number of nitrogens with one attached hydrogen (secondary N) is 1. The number of nitrogens with zero attached hydrogens (tertiary/aromatic N) is 2. The highest BCUT2D eigenvalue weighted by molar-refractivity contribution is 6.46. The number of allylic oxidation sites excluding steroid dienone is 1. The fourth-order valence-electron chi connectivity index (χ4n) is 3.59. The van der Waals surface area contributed by atoms with E-state index in [0.717, 1.165) is 5.56 Å². The quantitative estimate of drug-likeness (QED) is 0.761. The van der Waals surface area contributed by atoms with Crippen molar-refractivity contribution in [1.29, 1.82) is 0 Å². The molecule has 8 nitrogen and oxygen atoms in total. The van der Waals surface area contributed by atoms with Crippen LogP contribution >= 0.6 is 11.6 Å². The minimum Gasteiger partial charge on any atom is -0.486 e. The van der Waals surface area contributed by atoms with Gasteiger partial charge in [-0.25, -0.2) is 9.79 Å². The van der Waals surface area contributed by atoms with Crippen LogP contribution in [0.25, 0.3) is 0 Å². The van der Waals surface area contributed by atoms with Crippen molar-refractivity contribution >= 4 is 29.3 Å². The van der Waals surface area contributed by atoms with Crippen LogP contribution in [-0.4, -0.2) is 48.2 Å². The Morgan fingerprint density at radius 2 is 1.97 bits per heavy atom. The maximum atomic E-state index is 11.4. The van der Waals surface area contributed by atoms with Crippen LogP contribution in [0.4, 0.5) is 0 Å². The van der Waals surface area contributed by atoms with Gasteiger partial charge in [0.15, 0.2) is 17.7 Å². The summed E-state index contributed by atoms with van der Waals surface area (Å²) in [6, 6.07) is 10.4. The molecule has 9 heteroatoms. The van der Waals surface area contributed by atoms with E-state index < -0.39 is 12.1 Å². The second-order valence-electron chi connectivity index (χ2n) is 7.25. The monoisotopic (exact) mass is 439 g/mol. The molecule has 0 saturated carbocycles. The molecule has 0 fully saturated rings. The van der Waals surface area contributed by atoms with Gasteiger partial charge in [0.2, 0.25) is 0 Å². The van der Waals surface area contributed by atoms with Crippen LogP contribution in [0.15, 0.2) is 57.5 Å². The number of aryl methyl sites for hydroxylation is 1. The first kappa shape index (κ1) is 19.4. The van der Waals surface area contributed by atoms with E-state index >= 15 is 0 Å². The molecule has 2 atom stereocenters. The van der Waals surface area contributed by atoms with E-state index in [4.69, 9.17) is 30.8 Å². The van der Waals surface area contributed by atoms with E-state index in [1.165, 1.54) is 6.07 Å². The molecule has 3 heterocycles. The van der Waals surface area contributed by atoms with Crippen molar-refractivity contribution in [3.63, 3.8) is 0 Å². The first-order chi connectivity index (χ1) is 15.0. The third-order valence-corrected chi connectivity index (χ3v) is 5.45. The average molecular weight is 440 g/mol. The summed E-state index contributed by atoms with van der Waals surface area (Å²) in [5, 5.41) is 12.9. The van der Waals surface area contributed by atoms with Gasteiger partial charge in [0, 0.05) is 5.56 Å². The Labute approximate surface area is 182 Å². The molecule has 3 aliphatic rings. The molecule has 0 bridgehead atoms. The van der Waals surface area contributed by atoms with E-state index in [1.54, 1.807) is 19.1 Å². The van der Waals surface area contributed by atoms with Gasteiger partial charge >= 0.3 is 5.97 Å². The van der Waals surface area contributed by atoms with Gasteiger partial charge in [-0.15, -0.1) is 0 Å². The number of carbonyl (C=O) groups is 1. The largest absolute Gasteiger partial charge is 0.486 e. The molecule has 2 aromatic rings. The second-order valence-corrected chi connectivity index (χ2v) is 7.66. The molecule has 0 saturated heterocycles. The molecule has 2 N–H and O–H groups in total. The first-order valence-electron chi connectivity index (χ1n) is 9.69. The fourth-order valence-corrected chi connectivity index (χ4v) is 3.88. The number of hydrogen-bond donors (Lipinski definition) is 2. The van der Waals surface area contributed by atoms with Crippen LogP contribution in [0, 0.1) is 6.92 Å². The normalized spacial score (nSPS) is 21.3. The summed E-state index contributed by atoms with van der Waals surface area (Å²) in [5.41, 5.74) is 2.24. The predicted molar refractivity (Wildman–Crippen MR) is 115 cm³/mol. The molecule has 2 unspecified atom stereocenters. The summed E-state index contributed by atoms with van der Waals surface area (Å²) in [6.07, 6.45) is 1.38. The van der Waals surface area contributed by atoms with Crippen molar-refractivity contribution in [2.45, 2.75) is 19.1 Å². The zero-order valence-electron chi connectivity index (χ0n) is 16.5. The van der Waals surface area contributed by atoms with E-state index in [2.05, 4.69) is 10.3 Å². The highest BCUT2D eigenvalue weighted by Gasteiger charge is 2.33. The summed E-state index contributed by atoms with van der Waals surface area (Å²) in [6.45, 7) is 2.75. The maximum Gasteiger partial charge on any atom is 0.336 e. The van der Waals surface area contributed by atoms with Crippen LogP contribution in [0.3, 0.4) is 0 Å². The first-order valence-corrected chi connectivity index (χ1v) is 10.1. The number of hydrogen-bond acceptors (Lipinski definition) is 7. The standard InChI is InChI=1S/C22H18ClN3O5/c1-11-2-4-13(9-14(11)21(27)28)31-22-24-16-10-15(23)19(25-20(16)26-22)12-3-5-17-18(8-12)30-7-6-29-17/h2-5,8-10,16,20H,6-7H2,1H3,(H,24,26)(H,27,28). The number of benzene rings is 2. The second kappa shape index (κ2) is 7.63. The highest BCUT2D eigenvalue weighted by atomic mass is 35.5. The summed E-state index contributed by atoms with van der Waals surface area (Å²) >= 11 is 6.51. The molecular formula is C22H18ClN3O5. The van der Waals surface area contributed by atoms with Crippen LogP contribution < -0.4 is 19.5 Å². The number of aliphatic imine (C=N–C) groups is 2. The smallest absolute Gasteiger partial charge is 0.336 e. The Hall–Kier alpha value is -3.52. The van der Waals surface area contributed by atoms with E-state index in [9.17, 15) is 9.90 Å². The van der Waals surface area contributed by atoms with Gasteiger partial charge in [0.1, 0.15) is 19.0 Å². The summed E-state index contributed by atoms with van der Waals surface area (Å²) in [7, 11) is 0. The Bertz CT molecular complexity index is 1170. The molecule has 5 rings (SSSR count). The summed E-state index contributed by atoms with van der Waals surface area (Å²) in [5.74, 6) is 0.712. The Morgan fingerprint density at radius 1 is 1.16 bits per heavy atom. The fraction of sp³-hybridized carbons (Fsp3) is 0.227. The molecule has 158 valence electrons. The van der Waals surface area contributed by atoms with Crippen molar-refractivity contribution < 1.29 is 24.1 Å². The molecule has 0 aliphatic carbocycles. The van der Waals surface area contributed by atoms with Gasteiger partial charge < -0.3 is 24.6 Å². The van der Waals surface area contributed by atoms with Crippen molar-refractivity contribution in [3.8, 4) is 17.2 Å². The molecule has 31 heavy (non-hydrogen) atoms. The third kappa shape index (κ3) is 3.70. The van der Waals surface area contributed by atoms with Crippen molar-refractivity contribution in [3.05, 3.63) is 64.2 Å².